The SMILES string of the molecule is Cc1cccc(C(=O)Nc2ccccc2C(=O)OCc2cc(C#N)ccc2F)c1. The molecule has 3 aromatic rings. The van der Waals surface area contributed by atoms with Crippen LogP contribution in [0.3, 0.4) is 0 Å². The largest absolute Gasteiger partial charge is 0.457 e. The predicted molar refractivity (Wildman–Crippen MR) is 106 cm³/mol. The number of esters is 1. The molecular weight excluding hydrogens is 371 g/mol. The van der Waals surface area contributed by atoms with Gasteiger partial charge in [0.2, 0.25) is 0 Å². The molecule has 1 N–H and O–H groups in total. The summed E-state index contributed by atoms with van der Waals surface area (Å²) in [4.78, 5) is 25.0. The van der Waals surface area contributed by atoms with Crippen molar-refractivity contribution in [2.75, 3.05) is 5.32 Å². The standard InChI is InChI=1S/C23H17FN2O3/c1-15-5-4-6-17(11-15)22(27)26-21-8-3-2-7-19(21)23(28)29-14-18-12-16(13-25)9-10-20(18)24/h2-12H,14H2,1H3,(H,26,27). The molecule has 0 atom stereocenters. The van der Waals surface area contributed by atoms with E-state index in [0.717, 1.165) is 11.6 Å². The van der Waals surface area contributed by atoms with E-state index in [4.69, 9.17) is 10.00 Å². The van der Waals surface area contributed by atoms with Gasteiger partial charge in [0.15, 0.2) is 0 Å². The van der Waals surface area contributed by atoms with Crippen molar-refractivity contribution in [2.45, 2.75) is 13.5 Å². The number of aryl methyl sites for hydroxylation is 1. The molecule has 6 heteroatoms. The number of para-hydroxylation sites is 1. The number of anilines is 1. The highest BCUT2D eigenvalue weighted by Gasteiger charge is 2.16. The van der Waals surface area contributed by atoms with Gasteiger partial charge < -0.3 is 10.1 Å². The average molecular weight is 388 g/mol. The van der Waals surface area contributed by atoms with Crippen molar-refractivity contribution in [3.8, 4) is 6.07 Å². The van der Waals surface area contributed by atoms with Crippen molar-refractivity contribution in [3.05, 3.63) is 100 Å². The number of hydrogen-bond donors (Lipinski definition) is 1. The summed E-state index contributed by atoms with van der Waals surface area (Å²) in [5, 5.41) is 11.6. The van der Waals surface area contributed by atoms with E-state index >= 15 is 0 Å². The van der Waals surface area contributed by atoms with E-state index in [1.165, 1.54) is 18.2 Å². The van der Waals surface area contributed by atoms with Gasteiger partial charge in [-0.25, -0.2) is 9.18 Å². The van der Waals surface area contributed by atoms with Crippen LogP contribution in [-0.2, 0) is 11.3 Å². The summed E-state index contributed by atoms with van der Waals surface area (Å²) in [5.41, 5.74) is 2.19. The van der Waals surface area contributed by atoms with Gasteiger partial charge in [-0.15, -0.1) is 0 Å². The maximum absolute atomic E-state index is 13.9. The molecule has 3 rings (SSSR count). The van der Waals surface area contributed by atoms with E-state index in [0.29, 0.717) is 5.56 Å². The van der Waals surface area contributed by atoms with E-state index in [1.807, 2.05) is 19.1 Å². The zero-order valence-corrected chi connectivity index (χ0v) is 15.6. The van der Waals surface area contributed by atoms with Gasteiger partial charge in [0.05, 0.1) is 22.9 Å². The summed E-state index contributed by atoms with van der Waals surface area (Å²) < 4.78 is 19.1. The van der Waals surface area contributed by atoms with Crippen LogP contribution in [0.15, 0.2) is 66.7 Å². The van der Waals surface area contributed by atoms with Crippen molar-refractivity contribution in [1.82, 2.24) is 0 Å². The molecule has 0 aromatic heterocycles. The van der Waals surface area contributed by atoms with Crippen LogP contribution in [0.2, 0.25) is 0 Å². The lowest BCUT2D eigenvalue weighted by Gasteiger charge is -2.12. The van der Waals surface area contributed by atoms with Crippen LogP contribution in [-0.4, -0.2) is 11.9 Å². The smallest absolute Gasteiger partial charge is 0.340 e. The zero-order chi connectivity index (χ0) is 20.8. The molecule has 0 unspecified atom stereocenters. The van der Waals surface area contributed by atoms with Gasteiger partial charge in [0.25, 0.3) is 5.91 Å². The van der Waals surface area contributed by atoms with Crippen LogP contribution in [0.5, 0.6) is 0 Å². The van der Waals surface area contributed by atoms with E-state index in [-0.39, 0.29) is 34.9 Å². The van der Waals surface area contributed by atoms with Crippen LogP contribution in [0.4, 0.5) is 10.1 Å². The Bertz CT molecular complexity index is 1120. The topological polar surface area (TPSA) is 79.2 Å². The Kier molecular flexibility index (Phi) is 6.00. The number of nitrogens with one attached hydrogen (secondary N) is 1. The summed E-state index contributed by atoms with van der Waals surface area (Å²) in [5.74, 6) is -1.65. The van der Waals surface area contributed by atoms with Crippen molar-refractivity contribution in [1.29, 1.82) is 5.26 Å². The number of benzene rings is 3. The lowest BCUT2D eigenvalue weighted by Crippen LogP contribution is -2.16. The second kappa shape index (κ2) is 8.81. The van der Waals surface area contributed by atoms with Crippen molar-refractivity contribution in [2.24, 2.45) is 0 Å². The van der Waals surface area contributed by atoms with Gasteiger partial charge in [-0.2, -0.15) is 5.26 Å². The fraction of sp³-hybridized carbons (Fsp3) is 0.0870. The molecule has 29 heavy (non-hydrogen) atoms. The third-order valence-electron chi connectivity index (χ3n) is 4.21. The summed E-state index contributed by atoms with van der Waals surface area (Å²) in [6.07, 6.45) is 0. The van der Waals surface area contributed by atoms with Crippen molar-refractivity contribution >= 4 is 17.6 Å². The summed E-state index contributed by atoms with van der Waals surface area (Å²) in [6, 6.07) is 19.2. The number of amides is 1. The Morgan fingerprint density at radius 2 is 1.86 bits per heavy atom. The molecule has 0 spiro atoms. The predicted octanol–water partition coefficient (Wildman–Crippen LogP) is 4.62. The molecule has 144 valence electrons. The normalized spacial score (nSPS) is 10.1. The highest BCUT2D eigenvalue weighted by atomic mass is 19.1. The number of carbonyl (C=O) groups excluding carboxylic acids is 2. The van der Waals surface area contributed by atoms with Crippen LogP contribution < -0.4 is 5.32 Å². The lowest BCUT2D eigenvalue weighted by atomic mass is 10.1. The summed E-state index contributed by atoms with van der Waals surface area (Å²) >= 11 is 0. The molecule has 3 aromatic carbocycles. The molecule has 0 aliphatic heterocycles. The summed E-state index contributed by atoms with van der Waals surface area (Å²) in [7, 11) is 0. The number of halogens is 1. The number of hydrogen-bond acceptors (Lipinski definition) is 4. The maximum Gasteiger partial charge on any atom is 0.340 e. The third kappa shape index (κ3) is 4.85. The molecule has 0 bridgehead atoms. The molecule has 0 aliphatic rings. The van der Waals surface area contributed by atoms with Gasteiger partial charge >= 0.3 is 5.97 Å². The third-order valence-corrected chi connectivity index (χ3v) is 4.21. The number of rotatable bonds is 5. The Balaban J connectivity index is 1.75. The molecule has 0 saturated carbocycles. The van der Waals surface area contributed by atoms with Gasteiger partial charge in [-0.3, -0.25) is 4.79 Å². The van der Waals surface area contributed by atoms with E-state index in [1.54, 1.807) is 36.4 Å². The fourth-order valence-corrected chi connectivity index (χ4v) is 2.73. The molecule has 1 amide bonds. The van der Waals surface area contributed by atoms with Gasteiger partial charge in [-0.05, 0) is 49.4 Å². The van der Waals surface area contributed by atoms with E-state index in [9.17, 15) is 14.0 Å². The zero-order valence-electron chi connectivity index (χ0n) is 15.6. The number of ether oxygens (including phenoxy) is 1. The Morgan fingerprint density at radius 1 is 1.07 bits per heavy atom. The first-order chi connectivity index (χ1) is 14.0. The second-order valence-corrected chi connectivity index (χ2v) is 6.36. The van der Waals surface area contributed by atoms with Crippen LogP contribution >= 0.6 is 0 Å². The van der Waals surface area contributed by atoms with Crippen LogP contribution in [0.25, 0.3) is 0 Å². The van der Waals surface area contributed by atoms with Crippen molar-refractivity contribution in [3.63, 3.8) is 0 Å². The highest BCUT2D eigenvalue weighted by molar-refractivity contribution is 6.08. The Labute approximate surface area is 167 Å². The molecule has 0 radical (unpaired) electrons. The minimum absolute atomic E-state index is 0.0960. The molecule has 0 saturated heterocycles. The Hall–Kier alpha value is -3.98. The van der Waals surface area contributed by atoms with Crippen LogP contribution in [0.1, 0.15) is 37.4 Å². The first kappa shape index (κ1) is 19.8. The number of carbonyl (C=O) groups is 2. The van der Waals surface area contributed by atoms with Gasteiger partial charge in [-0.1, -0.05) is 29.8 Å². The fourth-order valence-electron chi connectivity index (χ4n) is 2.73. The van der Waals surface area contributed by atoms with E-state index < -0.39 is 11.8 Å². The summed E-state index contributed by atoms with van der Waals surface area (Å²) in [6.45, 7) is 1.54. The monoisotopic (exact) mass is 388 g/mol. The molecule has 0 fully saturated rings. The average Bonchev–Trinajstić information content (AvgIpc) is 2.73. The first-order valence-electron chi connectivity index (χ1n) is 8.80. The minimum atomic E-state index is -0.716. The number of nitriles is 1. The number of nitrogens with zero attached hydrogens (tertiary/aromatic N) is 1. The quantitative estimate of drug-likeness (QED) is 0.647. The van der Waals surface area contributed by atoms with E-state index in [2.05, 4.69) is 5.32 Å². The molecule has 5 nitrogen and oxygen atoms in total. The second-order valence-electron chi connectivity index (χ2n) is 6.36. The molecular formula is C23H17FN2O3. The van der Waals surface area contributed by atoms with Crippen molar-refractivity contribution < 1.29 is 18.7 Å². The highest BCUT2D eigenvalue weighted by Crippen LogP contribution is 2.19. The minimum Gasteiger partial charge on any atom is -0.457 e. The Morgan fingerprint density at radius 3 is 2.62 bits per heavy atom. The maximum atomic E-state index is 13.9. The molecule has 0 aliphatic carbocycles. The first-order valence-corrected chi connectivity index (χ1v) is 8.80. The molecule has 0 heterocycles. The van der Waals surface area contributed by atoms with Gasteiger partial charge in [0, 0.05) is 11.1 Å². The van der Waals surface area contributed by atoms with Crippen LogP contribution in [0, 0.1) is 24.1 Å². The lowest BCUT2D eigenvalue weighted by molar-refractivity contribution is 0.0470. The van der Waals surface area contributed by atoms with Gasteiger partial charge in [0.1, 0.15) is 12.4 Å².